The van der Waals surface area contributed by atoms with Crippen LogP contribution in [0.1, 0.15) is 21.1 Å². The third-order valence-corrected chi connectivity index (χ3v) is 6.40. The van der Waals surface area contributed by atoms with Gasteiger partial charge in [-0.25, -0.2) is 0 Å². The number of carbonyl (C=O) groups is 2. The van der Waals surface area contributed by atoms with Crippen LogP contribution < -0.4 is 10.6 Å². The lowest BCUT2D eigenvalue weighted by Gasteiger charge is -2.10. The summed E-state index contributed by atoms with van der Waals surface area (Å²) >= 11 is 2.99. The molecular weight excluding hydrogens is 442 g/mol. The number of hydrogen-bond acceptors (Lipinski definition) is 6. The zero-order chi connectivity index (χ0) is 22.3. The number of hydrogen-bond donors (Lipinski definition) is 2. The molecule has 4 aromatic rings. The maximum Gasteiger partial charge on any atom is 0.251 e. The van der Waals surface area contributed by atoms with Gasteiger partial charge in [0.15, 0.2) is 5.16 Å². The van der Waals surface area contributed by atoms with E-state index in [2.05, 4.69) is 26.9 Å². The van der Waals surface area contributed by atoms with E-state index in [9.17, 15) is 9.59 Å². The number of carbonyl (C=O) groups excluding carboxylic acids is 2. The lowest BCUT2D eigenvalue weighted by molar-refractivity contribution is -0.113. The molecule has 0 aliphatic rings. The second kappa shape index (κ2) is 10.3. The molecule has 9 heteroatoms. The minimum absolute atomic E-state index is 0.161. The minimum atomic E-state index is -0.204. The Balaban J connectivity index is 1.49. The molecule has 0 spiro atoms. The van der Waals surface area contributed by atoms with E-state index in [4.69, 9.17) is 0 Å². The summed E-state index contributed by atoms with van der Waals surface area (Å²) in [5.41, 5.74) is 2.00. The summed E-state index contributed by atoms with van der Waals surface area (Å²) in [6.45, 7) is 0. The van der Waals surface area contributed by atoms with Crippen molar-refractivity contribution >= 4 is 40.6 Å². The topological polar surface area (TPSA) is 88.9 Å². The average molecular weight is 464 g/mol. The number of aromatic nitrogens is 3. The molecule has 0 radical (unpaired) electrons. The van der Waals surface area contributed by atoms with Gasteiger partial charge < -0.3 is 10.6 Å². The molecule has 4 rings (SSSR count). The Hall–Kier alpha value is -3.43. The molecule has 162 valence electrons. The maximum absolute atomic E-state index is 12.6. The molecule has 0 saturated carbocycles. The van der Waals surface area contributed by atoms with Gasteiger partial charge in [0, 0.05) is 35.3 Å². The van der Waals surface area contributed by atoms with E-state index in [1.807, 2.05) is 46.3 Å². The van der Waals surface area contributed by atoms with Crippen molar-refractivity contribution in [3.63, 3.8) is 0 Å². The maximum atomic E-state index is 12.6. The number of anilines is 1. The molecule has 32 heavy (non-hydrogen) atoms. The number of rotatable bonds is 8. The van der Waals surface area contributed by atoms with Gasteiger partial charge in [-0.05, 0) is 41.8 Å². The summed E-state index contributed by atoms with van der Waals surface area (Å²) in [7, 11) is 1.57. The smallest absolute Gasteiger partial charge is 0.251 e. The molecule has 2 amide bonds. The number of thioether (sulfide) groups is 1. The van der Waals surface area contributed by atoms with Crippen molar-refractivity contribution in [2.75, 3.05) is 18.1 Å². The van der Waals surface area contributed by atoms with E-state index in [1.54, 1.807) is 42.6 Å². The lowest BCUT2D eigenvalue weighted by atomic mass is 10.2. The molecule has 2 heterocycles. The first-order valence-corrected chi connectivity index (χ1v) is 11.8. The lowest BCUT2D eigenvalue weighted by Crippen LogP contribution is -2.19. The number of amides is 2. The van der Waals surface area contributed by atoms with E-state index in [0.29, 0.717) is 22.8 Å². The Kier molecular flexibility index (Phi) is 6.98. The first-order valence-electron chi connectivity index (χ1n) is 9.91. The number of nitrogens with zero attached hydrogens (tertiary/aromatic N) is 3. The van der Waals surface area contributed by atoms with Crippen LogP contribution in [0.3, 0.4) is 0 Å². The monoisotopic (exact) mass is 463 g/mol. The highest BCUT2D eigenvalue weighted by molar-refractivity contribution is 7.99. The highest BCUT2D eigenvalue weighted by atomic mass is 32.2. The van der Waals surface area contributed by atoms with Gasteiger partial charge in [0.05, 0.1) is 5.75 Å². The van der Waals surface area contributed by atoms with Gasteiger partial charge in [0.1, 0.15) is 5.82 Å². The van der Waals surface area contributed by atoms with E-state index in [1.165, 1.54) is 16.6 Å². The summed E-state index contributed by atoms with van der Waals surface area (Å²) in [5.74, 6) is 0.588. The van der Waals surface area contributed by atoms with Gasteiger partial charge >= 0.3 is 0 Å². The van der Waals surface area contributed by atoms with Crippen LogP contribution in [0.2, 0.25) is 0 Å². The highest BCUT2D eigenvalue weighted by Crippen LogP contribution is 2.24. The molecule has 0 saturated heterocycles. The number of thiophene rings is 1. The number of benzene rings is 2. The molecule has 0 aliphatic carbocycles. The SMILES string of the molecule is CNC(=O)c1cccc(NC(=O)CSc2nnc(Cc3cccs3)n2-c2ccccc2)c1. The van der Waals surface area contributed by atoms with Crippen LogP contribution in [0.5, 0.6) is 0 Å². The predicted molar refractivity (Wildman–Crippen MR) is 128 cm³/mol. The van der Waals surface area contributed by atoms with Gasteiger partial charge in [-0.2, -0.15) is 0 Å². The Labute approximate surface area is 193 Å². The third kappa shape index (κ3) is 5.24. The van der Waals surface area contributed by atoms with E-state index in [0.717, 1.165) is 11.5 Å². The predicted octanol–water partition coefficient (Wildman–Crippen LogP) is 4.01. The first-order chi connectivity index (χ1) is 15.6. The van der Waals surface area contributed by atoms with Crippen molar-refractivity contribution in [3.05, 3.63) is 88.4 Å². The second-order valence-corrected chi connectivity index (χ2v) is 8.80. The van der Waals surface area contributed by atoms with Crippen molar-refractivity contribution in [2.45, 2.75) is 11.6 Å². The molecule has 0 fully saturated rings. The van der Waals surface area contributed by atoms with Crippen molar-refractivity contribution < 1.29 is 9.59 Å². The minimum Gasteiger partial charge on any atom is -0.355 e. The number of nitrogens with one attached hydrogen (secondary N) is 2. The summed E-state index contributed by atoms with van der Waals surface area (Å²) in [6, 6.07) is 20.8. The van der Waals surface area contributed by atoms with Crippen molar-refractivity contribution in [2.24, 2.45) is 0 Å². The third-order valence-electron chi connectivity index (χ3n) is 4.60. The molecule has 0 bridgehead atoms. The van der Waals surface area contributed by atoms with Crippen LogP contribution in [-0.4, -0.2) is 39.4 Å². The molecule has 0 atom stereocenters. The van der Waals surface area contributed by atoms with Crippen LogP contribution in [0.15, 0.2) is 77.3 Å². The van der Waals surface area contributed by atoms with Crippen LogP contribution in [0.4, 0.5) is 5.69 Å². The quantitative estimate of drug-likeness (QED) is 0.386. The van der Waals surface area contributed by atoms with Gasteiger partial charge in [-0.1, -0.05) is 42.1 Å². The van der Waals surface area contributed by atoms with Crippen LogP contribution in [0.25, 0.3) is 5.69 Å². The molecule has 2 aromatic carbocycles. The summed E-state index contributed by atoms with van der Waals surface area (Å²) in [6.07, 6.45) is 0.665. The molecule has 0 unspecified atom stereocenters. The fourth-order valence-electron chi connectivity index (χ4n) is 3.12. The van der Waals surface area contributed by atoms with Crippen molar-refractivity contribution in [3.8, 4) is 5.69 Å². The average Bonchev–Trinajstić information content (AvgIpc) is 3.48. The summed E-state index contributed by atoms with van der Waals surface area (Å²) in [4.78, 5) is 25.6. The normalized spacial score (nSPS) is 10.7. The van der Waals surface area contributed by atoms with E-state index >= 15 is 0 Å². The molecule has 0 aliphatic heterocycles. The molecule has 2 N–H and O–H groups in total. The van der Waals surface area contributed by atoms with E-state index < -0.39 is 0 Å². The number of para-hydroxylation sites is 1. The Morgan fingerprint density at radius 3 is 2.62 bits per heavy atom. The van der Waals surface area contributed by atoms with Crippen LogP contribution in [-0.2, 0) is 11.2 Å². The van der Waals surface area contributed by atoms with Gasteiger partial charge in [-0.15, -0.1) is 21.5 Å². The van der Waals surface area contributed by atoms with Crippen molar-refractivity contribution in [1.29, 1.82) is 0 Å². The Morgan fingerprint density at radius 1 is 1.03 bits per heavy atom. The largest absolute Gasteiger partial charge is 0.355 e. The fourth-order valence-corrected chi connectivity index (χ4v) is 4.60. The van der Waals surface area contributed by atoms with Gasteiger partial charge in [-0.3, -0.25) is 14.2 Å². The molecule has 2 aromatic heterocycles. The van der Waals surface area contributed by atoms with Gasteiger partial charge in [0.25, 0.3) is 5.91 Å². The van der Waals surface area contributed by atoms with Crippen LogP contribution >= 0.6 is 23.1 Å². The summed E-state index contributed by atoms with van der Waals surface area (Å²) in [5, 5.41) is 16.8. The molecular formula is C23H21N5O2S2. The zero-order valence-corrected chi connectivity index (χ0v) is 19.0. The summed E-state index contributed by atoms with van der Waals surface area (Å²) < 4.78 is 1.99. The van der Waals surface area contributed by atoms with E-state index in [-0.39, 0.29) is 17.6 Å². The standard InChI is InChI=1S/C23H21N5O2S2/c1-24-22(30)16-7-5-8-17(13-16)25-21(29)15-32-23-27-26-20(14-19-11-6-12-31-19)28(23)18-9-3-2-4-10-18/h2-13H,14-15H2,1H3,(H,24,30)(H,25,29). The van der Waals surface area contributed by atoms with Gasteiger partial charge in [0.2, 0.25) is 5.91 Å². The fraction of sp³-hybridized carbons (Fsp3) is 0.130. The first kappa shape index (κ1) is 21.8. The van der Waals surface area contributed by atoms with Crippen molar-refractivity contribution in [1.82, 2.24) is 20.1 Å². The van der Waals surface area contributed by atoms with Crippen LogP contribution in [0, 0.1) is 0 Å². The zero-order valence-electron chi connectivity index (χ0n) is 17.3. The second-order valence-electron chi connectivity index (χ2n) is 6.82. The Bertz CT molecular complexity index is 1210. The highest BCUT2D eigenvalue weighted by Gasteiger charge is 2.17. The molecule has 7 nitrogen and oxygen atoms in total. The Morgan fingerprint density at radius 2 is 1.88 bits per heavy atom.